The molecule has 0 spiro atoms. The van der Waals surface area contributed by atoms with Gasteiger partial charge in [-0.1, -0.05) is 78.1 Å². The molecule has 0 radical (unpaired) electrons. The number of benzene rings is 3. The molecule has 0 bridgehead atoms. The number of aromatic hydroxyl groups is 1. The highest BCUT2D eigenvalue weighted by Crippen LogP contribution is 2.27. The average Bonchev–Trinajstić information content (AvgIpc) is 3.16. The van der Waals surface area contributed by atoms with Crippen LogP contribution < -0.4 is 19.6 Å². The van der Waals surface area contributed by atoms with E-state index in [2.05, 4.69) is 10.2 Å². The Bertz CT molecular complexity index is 1490. The van der Waals surface area contributed by atoms with Crippen LogP contribution in [0.15, 0.2) is 93.9 Å². The molecule has 5 rings (SSSR count). The smallest absolute Gasteiger partial charge is 0.271 e. The van der Waals surface area contributed by atoms with Gasteiger partial charge in [-0.3, -0.25) is 9.36 Å². The number of phenolic OH excluding ortho intramolecular Hbond substituents is 1. The van der Waals surface area contributed by atoms with E-state index in [1.807, 2.05) is 60.7 Å². The standard InChI is InChI=1S/C25H19N3O3S/c1-31-20-14-16(12-13-19(20)29)15-21-24(30)28-23(18-10-6-3-7-11-18)22(26-27-25(28)32-21)17-8-4-2-5-9-17/h2-15,23,29H,1H3/b21-15-. The zero-order valence-electron chi connectivity index (χ0n) is 17.2. The Morgan fingerprint density at radius 1 is 1.00 bits per heavy atom. The lowest BCUT2D eigenvalue weighted by Crippen LogP contribution is -2.40. The monoisotopic (exact) mass is 441 g/mol. The maximum Gasteiger partial charge on any atom is 0.271 e. The number of methoxy groups -OCH3 is 1. The van der Waals surface area contributed by atoms with Gasteiger partial charge >= 0.3 is 0 Å². The van der Waals surface area contributed by atoms with E-state index < -0.39 is 0 Å². The molecule has 1 aromatic heterocycles. The Morgan fingerprint density at radius 2 is 1.72 bits per heavy atom. The molecule has 1 aliphatic rings. The number of fused-ring (bicyclic) bond motifs is 1. The maximum absolute atomic E-state index is 13.5. The molecule has 4 aromatic rings. The van der Waals surface area contributed by atoms with E-state index in [4.69, 9.17) is 4.74 Å². The normalized spacial score (nSPS) is 15.6. The van der Waals surface area contributed by atoms with Crippen molar-refractivity contribution in [3.8, 4) is 11.5 Å². The molecule has 2 heterocycles. The predicted octanol–water partition coefficient (Wildman–Crippen LogP) is 3.08. The summed E-state index contributed by atoms with van der Waals surface area (Å²) in [6, 6.07) is 24.2. The van der Waals surface area contributed by atoms with Crippen LogP contribution in [0.5, 0.6) is 11.5 Å². The summed E-state index contributed by atoms with van der Waals surface area (Å²) in [4.78, 5) is 14.1. The van der Waals surface area contributed by atoms with Crippen LogP contribution in [0.4, 0.5) is 0 Å². The second kappa shape index (κ2) is 8.28. The summed E-state index contributed by atoms with van der Waals surface area (Å²) in [5.74, 6) is 0.397. The molecule has 1 aliphatic heterocycles. The van der Waals surface area contributed by atoms with E-state index in [0.29, 0.717) is 15.1 Å². The van der Waals surface area contributed by atoms with Gasteiger partial charge in [-0.2, -0.15) is 0 Å². The first kappa shape index (κ1) is 20.0. The van der Waals surface area contributed by atoms with E-state index >= 15 is 0 Å². The van der Waals surface area contributed by atoms with E-state index in [1.54, 1.807) is 28.8 Å². The van der Waals surface area contributed by atoms with Gasteiger partial charge in [0.2, 0.25) is 4.80 Å². The molecule has 0 amide bonds. The summed E-state index contributed by atoms with van der Waals surface area (Å²) in [7, 11) is 1.49. The minimum atomic E-state index is -0.383. The Hall–Kier alpha value is -3.97. The van der Waals surface area contributed by atoms with Crippen molar-refractivity contribution in [1.82, 2.24) is 4.57 Å². The highest BCUT2D eigenvalue weighted by Gasteiger charge is 2.28. The SMILES string of the molecule is COc1cc(/C=c2\sc3n(c2=O)C(c2ccccc2)C(c2ccccc2)=NN=3)ccc1O. The van der Waals surface area contributed by atoms with Crippen LogP contribution in [0, 0.1) is 0 Å². The van der Waals surface area contributed by atoms with E-state index in [0.717, 1.165) is 22.4 Å². The van der Waals surface area contributed by atoms with E-state index in [-0.39, 0.29) is 17.4 Å². The highest BCUT2D eigenvalue weighted by molar-refractivity contribution is 7.07. The number of nitrogens with zero attached hydrogens (tertiary/aromatic N) is 3. The quantitative estimate of drug-likeness (QED) is 0.529. The van der Waals surface area contributed by atoms with Gasteiger partial charge in [-0.05, 0) is 29.3 Å². The second-order valence-corrected chi connectivity index (χ2v) is 8.27. The van der Waals surface area contributed by atoms with Crippen molar-refractivity contribution in [2.75, 3.05) is 7.11 Å². The van der Waals surface area contributed by atoms with Gasteiger partial charge in [0.05, 0.1) is 17.4 Å². The van der Waals surface area contributed by atoms with Crippen LogP contribution in [0.3, 0.4) is 0 Å². The largest absolute Gasteiger partial charge is 0.504 e. The van der Waals surface area contributed by atoms with Gasteiger partial charge in [-0.15, -0.1) is 10.2 Å². The first-order valence-electron chi connectivity index (χ1n) is 10.0. The molecule has 6 nitrogen and oxygen atoms in total. The Balaban J connectivity index is 1.70. The Kier molecular flexibility index (Phi) is 5.17. The zero-order chi connectivity index (χ0) is 22.1. The second-order valence-electron chi connectivity index (χ2n) is 7.26. The van der Waals surface area contributed by atoms with Crippen LogP contribution in [-0.4, -0.2) is 22.5 Å². The van der Waals surface area contributed by atoms with Crippen LogP contribution >= 0.6 is 11.3 Å². The fourth-order valence-electron chi connectivity index (χ4n) is 3.76. The van der Waals surface area contributed by atoms with Gasteiger partial charge < -0.3 is 9.84 Å². The number of hydrogen-bond acceptors (Lipinski definition) is 6. The van der Waals surface area contributed by atoms with Crippen molar-refractivity contribution >= 4 is 23.1 Å². The fourth-order valence-corrected chi connectivity index (χ4v) is 4.71. The number of ether oxygens (including phenoxy) is 1. The van der Waals surface area contributed by atoms with Crippen molar-refractivity contribution in [3.05, 3.63) is 115 Å². The first-order valence-corrected chi connectivity index (χ1v) is 10.8. The van der Waals surface area contributed by atoms with Gasteiger partial charge in [0.25, 0.3) is 5.56 Å². The lowest BCUT2D eigenvalue weighted by molar-refractivity contribution is 0.373. The minimum absolute atomic E-state index is 0.0480. The molecule has 0 saturated carbocycles. The minimum Gasteiger partial charge on any atom is -0.504 e. The van der Waals surface area contributed by atoms with Crippen LogP contribution in [0.25, 0.3) is 6.08 Å². The number of phenols is 1. The first-order chi connectivity index (χ1) is 15.7. The Labute approximate surface area is 187 Å². The third kappa shape index (κ3) is 3.52. The topological polar surface area (TPSA) is 76.2 Å². The number of thiazole rings is 1. The van der Waals surface area contributed by atoms with Crippen molar-refractivity contribution in [2.45, 2.75) is 6.04 Å². The summed E-state index contributed by atoms with van der Waals surface area (Å²) < 4.78 is 7.42. The highest BCUT2D eigenvalue weighted by atomic mass is 32.1. The molecular formula is C25H19N3O3S. The molecule has 1 atom stereocenters. The number of rotatable bonds is 4. The van der Waals surface area contributed by atoms with E-state index in [1.165, 1.54) is 18.4 Å². The predicted molar refractivity (Wildman–Crippen MR) is 125 cm³/mol. The summed E-state index contributed by atoms with van der Waals surface area (Å²) in [6.45, 7) is 0. The lowest BCUT2D eigenvalue weighted by atomic mass is 9.96. The molecule has 1 unspecified atom stereocenters. The maximum atomic E-state index is 13.5. The molecular weight excluding hydrogens is 422 g/mol. The average molecular weight is 442 g/mol. The molecule has 158 valence electrons. The molecule has 32 heavy (non-hydrogen) atoms. The molecule has 0 fully saturated rings. The lowest BCUT2D eigenvalue weighted by Gasteiger charge is -2.22. The molecule has 0 saturated heterocycles. The van der Waals surface area contributed by atoms with Gasteiger partial charge in [0.15, 0.2) is 11.5 Å². The van der Waals surface area contributed by atoms with Gasteiger partial charge in [0.1, 0.15) is 6.04 Å². The van der Waals surface area contributed by atoms with Crippen LogP contribution in [-0.2, 0) is 0 Å². The fraction of sp³-hybridized carbons (Fsp3) is 0.0800. The summed E-state index contributed by atoms with van der Waals surface area (Å²) in [5, 5.41) is 18.8. The van der Waals surface area contributed by atoms with E-state index in [9.17, 15) is 9.90 Å². The Morgan fingerprint density at radius 3 is 2.44 bits per heavy atom. The summed E-state index contributed by atoms with van der Waals surface area (Å²) >= 11 is 1.29. The van der Waals surface area contributed by atoms with Crippen molar-refractivity contribution in [1.29, 1.82) is 0 Å². The third-order valence-electron chi connectivity index (χ3n) is 5.28. The van der Waals surface area contributed by atoms with Crippen LogP contribution in [0.1, 0.15) is 22.7 Å². The molecule has 0 aliphatic carbocycles. The molecule has 3 aromatic carbocycles. The van der Waals surface area contributed by atoms with Gasteiger partial charge in [-0.25, -0.2) is 0 Å². The van der Waals surface area contributed by atoms with Crippen molar-refractivity contribution < 1.29 is 9.84 Å². The van der Waals surface area contributed by atoms with Gasteiger partial charge in [0, 0.05) is 5.56 Å². The zero-order valence-corrected chi connectivity index (χ0v) is 18.0. The summed E-state index contributed by atoms with van der Waals surface area (Å²) in [5.41, 5.74) is 3.21. The molecule has 7 heteroatoms. The number of hydrogen-bond donors (Lipinski definition) is 1. The molecule has 1 N–H and O–H groups in total. The number of aromatic nitrogens is 1. The summed E-state index contributed by atoms with van der Waals surface area (Å²) in [6.07, 6.45) is 1.78. The van der Waals surface area contributed by atoms with Crippen LogP contribution in [0.2, 0.25) is 0 Å². The van der Waals surface area contributed by atoms with Crippen molar-refractivity contribution in [2.24, 2.45) is 10.2 Å². The third-order valence-corrected chi connectivity index (χ3v) is 6.26. The van der Waals surface area contributed by atoms with Crippen molar-refractivity contribution in [3.63, 3.8) is 0 Å².